The summed E-state index contributed by atoms with van der Waals surface area (Å²) in [7, 11) is 0. The summed E-state index contributed by atoms with van der Waals surface area (Å²) in [6.45, 7) is 0.650. The van der Waals surface area contributed by atoms with Gasteiger partial charge in [0.1, 0.15) is 16.5 Å². The highest BCUT2D eigenvalue weighted by Gasteiger charge is 2.25. The lowest BCUT2D eigenvalue weighted by molar-refractivity contribution is 0.601. The van der Waals surface area contributed by atoms with E-state index in [1.807, 2.05) is 33.5 Å². The summed E-state index contributed by atoms with van der Waals surface area (Å²) in [5, 5.41) is 11.0. The van der Waals surface area contributed by atoms with Crippen LogP contribution in [0.4, 0.5) is 0 Å². The van der Waals surface area contributed by atoms with E-state index in [-0.39, 0.29) is 0 Å². The lowest BCUT2D eigenvalue weighted by Crippen LogP contribution is -2.13. The third-order valence-corrected chi connectivity index (χ3v) is 6.84. The molecule has 1 aliphatic rings. The van der Waals surface area contributed by atoms with Gasteiger partial charge < -0.3 is 0 Å². The Balaban J connectivity index is 1.60. The molecule has 0 unspecified atom stereocenters. The Morgan fingerprint density at radius 2 is 1.62 bits per heavy atom. The van der Waals surface area contributed by atoms with E-state index in [0.29, 0.717) is 17.1 Å². The van der Waals surface area contributed by atoms with Gasteiger partial charge in [-0.05, 0) is 24.5 Å². The van der Waals surface area contributed by atoms with Gasteiger partial charge in [-0.3, -0.25) is 0 Å². The first kappa shape index (κ1) is 19.3. The van der Waals surface area contributed by atoms with Crippen molar-refractivity contribution in [2.24, 2.45) is 0 Å². The minimum absolute atomic E-state index is 0.429. The molecule has 0 radical (unpaired) electrons. The van der Waals surface area contributed by atoms with Gasteiger partial charge in [0, 0.05) is 11.5 Å². The average molecular weight is 438 g/mol. The molecule has 1 fully saturated rings. The molecule has 2 aromatic carbocycles. The zero-order chi connectivity index (χ0) is 21.5. The minimum Gasteiger partial charge on any atom is -0.248 e. The summed E-state index contributed by atoms with van der Waals surface area (Å²) in [5.41, 5.74) is 6.20. The summed E-state index contributed by atoms with van der Waals surface area (Å²) < 4.78 is 4.51. The average Bonchev–Trinajstić information content (AvgIpc) is 3.52. The molecule has 0 bridgehead atoms. The van der Waals surface area contributed by atoms with E-state index in [1.165, 1.54) is 18.4 Å². The fourth-order valence-electron chi connectivity index (χ4n) is 4.83. The summed E-state index contributed by atoms with van der Waals surface area (Å²) in [4.78, 5) is 4.79. The molecule has 1 aliphatic carbocycles. The highest BCUT2D eigenvalue weighted by Crippen LogP contribution is 2.38. The molecule has 3 heterocycles. The second kappa shape index (κ2) is 7.95. The van der Waals surface area contributed by atoms with E-state index >= 15 is 0 Å². The highest BCUT2D eigenvalue weighted by atomic mass is 32.1. The van der Waals surface area contributed by atoms with Gasteiger partial charge in [-0.2, -0.15) is 10.2 Å². The van der Waals surface area contributed by atoms with Gasteiger partial charge in [-0.25, -0.2) is 14.2 Å². The van der Waals surface area contributed by atoms with Gasteiger partial charge in [0.05, 0.1) is 28.8 Å². The molecular formula is C26H23N5S. The maximum Gasteiger partial charge on any atom is 0.149 e. The van der Waals surface area contributed by atoms with Crippen LogP contribution in [0, 0.1) is 4.64 Å². The smallest absolute Gasteiger partial charge is 0.149 e. The molecule has 6 heteroatoms. The molecule has 5 nitrogen and oxygen atoms in total. The molecule has 0 amide bonds. The monoisotopic (exact) mass is 437 g/mol. The SMILES string of the molecule is S=c1c2ncn3nc(-c4ccccc4)cc3c2c(C2CCCC2)nn1Cc1ccccc1. The maximum absolute atomic E-state index is 5.90. The van der Waals surface area contributed by atoms with E-state index in [4.69, 9.17) is 27.4 Å². The summed E-state index contributed by atoms with van der Waals surface area (Å²) in [6.07, 6.45) is 6.58. The molecule has 6 rings (SSSR count). The third-order valence-electron chi connectivity index (χ3n) is 6.43. The second-order valence-corrected chi connectivity index (χ2v) is 8.90. The van der Waals surface area contributed by atoms with Crippen LogP contribution in [0.25, 0.3) is 27.7 Å². The lowest BCUT2D eigenvalue weighted by Gasteiger charge is -2.16. The van der Waals surface area contributed by atoms with Crippen molar-refractivity contribution in [3.05, 3.63) is 89.0 Å². The van der Waals surface area contributed by atoms with Crippen LogP contribution in [0.5, 0.6) is 0 Å². The van der Waals surface area contributed by atoms with E-state index < -0.39 is 0 Å². The van der Waals surface area contributed by atoms with E-state index in [0.717, 1.165) is 46.2 Å². The number of benzene rings is 2. The standard InChI is InChI=1S/C26H23N5S/c32-26-25-23(22-15-21(28-31(22)17-27-25)19-11-5-2-6-12-19)24(20-13-7-8-14-20)29-30(26)16-18-9-3-1-4-10-18/h1-6,9-12,15,17,20H,7-8,13-14,16H2. The Morgan fingerprint density at radius 1 is 0.906 bits per heavy atom. The fourth-order valence-corrected chi connectivity index (χ4v) is 5.09. The maximum atomic E-state index is 5.90. The van der Waals surface area contributed by atoms with Crippen molar-refractivity contribution in [2.75, 3.05) is 0 Å². The zero-order valence-electron chi connectivity index (χ0n) is 17.7. The molecule has 0 atom stereocenters. The van der Waals surface area contributed by atoms with Crippen molar-refractivity contribution in [1.82, 2.24) is 24.4 Å². The van der Waals surface area contributed by atoms with E-state index in [1.54, 1.807) is 6.33 Å². The Hall–Kier alpha value is -3.38. The minimum atomic E-state index is 0.429. The Labute approximate surface area is 191 Å². The Morgan fingerprint density at radius 3 is 2.38 bits per heavy atom. The molecule has 5 aromatic rings. The van der Waals surface area contributed by atoms with E-state index in [9.17, 15) is 0 Å². The van der Waals surface area contributed by atoms with Crippen molar-refractivity contribution >= 4 is 28.6 Å². The van der Waals surface area contributed by atoms with Crippen LogP contribution < -0.4 is 0 Å². The van der Waals surface area contributed by atoms with Gasteiger partial charge in [0.2, 0.25) is 0 Å². The first-order valence-electron chi connectivity index (χ1n) is 11.2. The molecule has 0 N–H and O–H groups in total. The number of hydrogen-bond donors (Lipinski definition) is 0. The van der Waals surface area contributed by atoms with Gasteiger partial charge in [0.25, 0.3) is 0 Å². The molecule has 0 saturated heterocycles. The first-order chi connectivity index (χ1) is 15.8. The second-order valence-electron chi connectivity index (χ2n) is 8.51. The molecule has 1 saturated carbocycles. The molecule has 0 aliphatic heterocycles. The van der Waals surface area contributed by atoms with Crippen molar-refractivity contribution < 1.29 is 0 Å². The number of aromatic nitrogens is 5. The normalized spacial score (nSPS) is 14.5. The Bertz CT molecular complexity index is 1460. The van der Waals surface area contributed by atoms with Crippen LogP contribution >= 0.6 is 12.2 Å². The van der Waals surface area contributed by atoms with Gasteiger partial charge in [-0.1, -0.05) is 85.7 Å². The van der Waals surface area contributed by atoms with Crippen molar-refractivity contribution in [2.45, 2.75) is 38.1 Å². The van der Waals surface area contributed by atoms with Crippen LogP contribution in [-0.2, 0) is 6.54 Å². The fraction of sp³-hybridized carbons (Fsp3) is 0.231. The van der Waals surface area contributed by atoms with Crippen LogP contribution in [0.3, 0.4) is 0 Å². The predicted octanol–water partition coefficient (Wildman–Crippen LogP) is 6.18. The lowest BCUT2D eigenvalue weighted by atomic mass is 9.99. The van der Waals surface area contributed by atoms with E-state index in [2.05, 4.69) is 42.5 Å². The number of nitrogens with zero attached hydrogens (tertiary/aromatic N) is 5. The van der Waals surface area contributed by atoms with Gasteiger partial charge in [0.15, 0.2) is 0 Å². The summed E-state index contributed by atoms with van der Waals surface area (Å²) in [5.74, 6) is 0.429. The molecule has 158 valence electrons. The van der Waals surface area contributed by atoms with Crippen LogP contribution in [0.2, 0.25) is 0 Å². The molecular weight excluding hydrogens is 414 g/mol. The zero-order valence-corrected chi connectivity index (χ0v) is 18.5. The molecule has 3 aromatic heterocycles. The van der Waals surface area contributed by atoms with Gasteiger partial charge in [-0.15, -0.1) is 0 Å². The molecule has 0 spiro atoms. The summed E-state index contributed by atoms with van der Waals surface area (Å²) >= 11 is 5.90. The van der Waals surface area contributed by atoms with Gasteiger partial charge >= 0.3 is 0 Å². The van der Waals surface area contributed by atoms with Crippen molar-refractivity contribution in [3.63, 3.8) is 0 Å². The highest BCUT2D eigenvalue weighted by molar-refractivity contribution is 7.71. The van der Waals surface area contributed by atoms with Crippen LogP contribution in [0.1, 0.15) is 42.9 Å². The number of hydrogen-bond acceptors (Lipinski definition) is 4. The first-order valence-corrected chi connectivity index (χ1v) is 11.6. The Kier molecular flexibility index (Phi) is 4.80. The summed E-state index contributed by atoms with van der Waals surface area (Å²) in [6, 6.07) is 22.8. The van der Waals surface area contributed by atoms with Crippen molar-refractivity contribution in [1.29, 1.82) is 0 Å². The third kappa shape index (κ3) is 3.31. The topological polar surface area (TPSA) is 48.0 Å². The van der Waals surface area contributed by atoms with Crippen molar-refractivity contribution in [3.8, 4) is 11.3 Å². The van der Waals surface area contributed by atoms with Crippen LogP contribution in [-0.4, -0.2) is 24.4 Å². The molecule has 32 heavy (non-hydrogen) atoms. The quantitative estimate of drug-likeness (QED) is 0.315. The number of fused-ring (bicyclic) bond motifs is 3. The largest absolute Gasteiger partial charge is 0.248 e. The predicted molar refractivity (Wildman–Crippen MR) is 129 cm³/mol. The van der Waals surface area contributed by atoms with Crippen LogP contribution in [0.15, 0.2) is 73.1 Å². The number of rotatable bonds is 4.